The van der Waals surface area contributed by atoms with E-state index in [4.69, 9.17) is 9.47 Å². The third-order valence-electron chi connectivity index (χ3n) is 4.94. The number of rotatable bonds is 11. The fourth-order valence-electron chi connectivity index (χ4n) is 3.39. The molecule has 0 heterocycles. The van der Waals surface area contributed by atoms with E-state index < -0.39 is 17.7 Å². The maximum atomic E-state index is 13.3. The van der Waals surface area contributed by atoms with Gasteiger partial charge in [-0.3, -0.25) is 0 Å². The monoisotopic (exact) mass is 386 g/mol. The number of hydrogen-bond acceptors (Lipinski definition) is 4. The van der Waals surface area contributed by atoms with Crippen LogP contribution < -0.4 is 4.90 Å². The highest BCUT2D eigenvalue weighted by atomic mass is 16.6. The Kier molecular flexibility index (Phi) is 8.64. The first-order chi connectivity index (χ1) is 13.6. The van der Waals surface area contributed by atoms with Gasteiger partial charge in [0.2, 0.25) is 5.60 Å². The predicted octanol–water partition coefficient (Wildman–Crippen LogP) is 1.80. The molecule has 0 aromatic heterocycles. The molecular formula is C23H32NO4+. The average Bonchev–Trinajstić information content (AvgIpc) is 2.75. The van der Waals surface area contributed by atoms with Crippen LogP contribution in [-0.2, 0) is 19.9 Å². The zero-order valence-corrected chi connectivity index (χ0v) is 17.1. The molecular weight excluding hydrogens is 354 g/mol. The number of aliphatic hydroxyl groups is 1. The van der Waals surface area contributed by atoms with Crippen LogP contribution in [0.5, 0.6) is 0 Å². The van der Waals surface area contributed by atoms with Crippen molar-refractivity contribution in [3.63, 3.8) is 0 Å². The Morgan fingerprint density at radius 3 is 1.89 bits per heavy atom. The highest BCUT2D eigenvalue weighted by Crippen LogP contribution is 2.35. The van der Waals surface area contributed by atoms with Crippen LogP contribution in [0.4, 0.5) is 0 Å². The Balaban J connectivity index is 2.30. The standard InChI is InChI=1S/C23H31NO4/c1-4-24(5-2)17-21(25)18-27-22(26)23(28-6-3,19-13-9-7-10-14-19)20-15-11-8-12-16-20/h7-16,21,25H,4-6,17-18H2,1-3H3/p+1/t21-/m1/s1. The van der Waals surface area contributed by atoms with E-state index in [-0.39, 0.29) is 6.61 Å². The minimum Gasteiger partial charge on any atom is -0.460 e. The summed E-state index contributed by atoms with van der Waals surface area (Å²) in [6, 6.07) is 18.7. The molecule has 5 nitrogen and oxygen atoms in total. The quantitative estimate of drug-likeness (QED) is 0.578. The molecule has 2 N–H and O–H groups in total. The molecule has 0 unspecified atom stereocenters. The second-order valence-corrected chi connectivity index (χ2v) is 6.76. The molecule has 2 aromatic rings. The zero-order chi connectivity index (χ0) is 20.4. The fraction of sp³-hybridized carbons (Fsp3) is 0.435. The molecule has 1 atom stereocenters. The van der Waals surface area contributed by atoms with Crippen molar-refractivity contribution in [2.75, 3.05) is 32.8 Å². The van der Waals surface area contributed by atoms with E-state index in [1.54, 1.807) is 0 Å². The molecule has 5 heteroatoms. The van der Waals surface area contributed by atoms with Gasteiger partial charge in [-0.2, -0.15) is 0 Å². The summed E-state index contributed by atoms with van der Waals surface area (Å²) < 4.78 is 11.7. The number of aliphatic hydroxyl groups excluding tert-OH is 1. The molecule has 2 aromatic carbocycles. The minimum absolute atomic E-state index is 0.0587. The SMILES string of the molecule is CCOC(C(=O)OC[C@H](O)C[NH+](CC)CC)(c1ccccc1)c1ccccc1. The number of hydrogen-bond donors (Lipinski definition) is 2. The first-order valence-electron chi connectivity index (χ1n) is 10.0. The maximum absolute atomic E-state index is 13.3. The molecule has 0 amide bonds. The van der Waals surface area contributed by atoms with Gasteiger partial charge in [-0.1, -0.05) is 60.7 Å². The van der Waals surface area contributed by atoms with E-state index in [0.717, 1.165) is 13.1 Å². The van der Waals surface area contributed by atoms with Gasteiger partial charge in [-0.05, 0) is 31.9 Å². The van der Waals surface area contributed by atoms with Crippen LogP contribution in [0.3, 0.4) is 0 Å². The van der Waals surface area contributed by atoms with Crippen LogP contribution in [0.25, 0.3) is 0 Å². The minimum atomic E-state index is -1.36. The third-order valence-corrected chi connectivity index (χ3v) is 4.94. The van der Waals surface area contributed by atoms with Gasteiger partial charge in [0.05, 0.1) is 13.1 Å². The van der Waals surface area contributed by atoms with Crippen molar-refractivity contribution < 1.29 is 24.3 Å². The smallest absolute Gasteiger partial charge is 0.347 e. The lowest BCUT2D eigenvalue weighted by atomic mass is 9.86. The molecule has 0 radical (unpaired) electrons. The summed E-state index contributed by atoms with van der Waals surface area (Å²) in [6.45, 7) is 8.65. The molecule has 152 valence electrons. The average molecular weight is 387 g/mol. The zero-order valence-electron chi connectivity index (χ0n) is 17.1. The molecule has 0 saturated carbocycles. The van der Waals surface area contributed by atoms with Crippen LogP contribution in [-0.4, -0.2) is 50.0 Å². The second-order valence-electron chi connectivity index (χ2n) is 6.76. The summed E-state index contributed by atoms with van der Waals surface area (Å²) in [7, 11) is 0. The molecule has 0 aliphatic heterocycles. The highest BCUT2D eigenvalue weighted by molar-refractivity contribution is 5.85. The highest BCUT2D eigenvalue weighted by Gasteiger charge is 2.45. The van der Waals surface area contributed by atoms with Crippen molar-refractivity contribution in [3.8, 4) is 0 Å². The lowest BCUT2D eigenvalue weighted by Gasteiger charge is -2.32. The Morgan fingerprint density at radius 2 is 1.46 bits per heavy atom. The normalized spacial score (nSPS) is 12.8. The topological polar surface area (TPSA) is 60.2 Å². The van der Waals surface area contributed by atoms with E-state index in [2.05, 4.69) is 13.8 Å². The summed E-state index contributed by atoms with van der Waals surface area (Å²) >= 11 is 0. The predicted molar refractivity (Wildman–Crippen MR) is 109 cm³/mol. The van der Waals surface area contributed by atoms with Crippen LogP contribution in [0, 0.1) is 0 Å². The fourth-order valence-corrected chi connectivity index (χ4v) is 3.39. The third kappa shape index (κ3) is 5.19. The number of esters is 1. The van der Waals surface area contributed by atoms with E-state index in [9.17, 15) is 9.90 Å². The molecule has 0 saturated heterocycles. The first kappa shape index (κ1) is 22.1. The van der Waals surface area contributed by atoms with Gasteiger partial charge in [-0.15, -0.1) is 0 Å². The van der Waals surface area contributed by atoms with Crippen LogP contribution >= 0.6 is 0 Å². The van der Waals surface area contributed by atoms with E-state index >= 15 is 0 Å². The van der Waals surface area contributed by atoms with Crippen molar-refractivity contribution in [2.45, 2.75) is 32.5 Å². The largest absolute Gasteiger partial charge is 0.460 e. The Labute approximate surface area is 167 Å². The summed E-state index contributed by atoms with van der Waals surface area (Å²) in [5.41, 5.74) is 0.0489. The van der Waals surface area contributed by atoms with Crippen LogP contribution in [0.1, 0.15) is 31.9 Å². The summed E-state index contributed by atoms with van der Waals surface area (Å²) in [4.78, 5) is 14.6. The van der Waals surface area contributed by atoms with Crippen molar-refractivity contribution in [2.24, 2.45) is 0 Å². The van der Waals surface area contributed by atoms with Gasteiger partial charge in [0.25, 0.3) is 0 Å². The number of carbonyl (C=O) groups is 1. The van der Waals surface area contributed by atoms with Crippen molar-refractivity contribution >= 4 is 5.97 Å². The van der Waals surface area contributed by atoms with Gasteiger partial charge in [0.15, 0.2) is 0 Å². The van der Waals surface area contributed by atoms with Gasteiger partial charge in [0, 0.05) is 6.61 Å². The molecule has 0 aliphatic rings. The molecule has 0 bridgehead atoms. The number of quaternary nitrogens is 1. The molecule has 0 fully saturated rings. The number of likely N-dealkylation sites (N-methyl/N-ethyl adjacent to an activating group) is 1. The molecule has 28 heavy (non-hydrogen) atoms. The number of nitrogens with one attached hydrogen (secondary N) is 1. The maximum Gasteiger partial charge on any atom is 0.347 e. The number of benzene rings is 2. The van der Waals surface area contributed by atoms with Gasteiger partial charge >= 0.3 is 5.97 Å². The number of carbonyl (C=O) groups excluding carboxylic acids is 1. The van der Waals surface area contributed by atoms with E-state index in [1.165, 1.54) is 4.90 Å². The molecule has 0 spiro atoms. The van der Waals surface area contributed by atoms with Crippen LogP contribution in [0.15, 0.2) is 60.7 Å². The lowest BCUT2D eigenvalue weighted by molar-refractivity contribution is -0.899. The first-order valence-corrected chi connectivity index (χ1v) is 10.0. The van der Waals surface area contributed by atoms with Crippen LogP contribution in [0.2, 0.25) is 0 Å². The summed E-state index contributed by atoms with van der Waals surface area (Å²) in [6.07, 6.45) is -0.718. The Morgan fingerprint density at radius 1 is 0.964 bits per heavy atom. The summed E-state index contributed by atoms with van der Waals surface area (Å²) in [5, 5.41) is 10.3. The molecule has 0 aliphatic carbocycles. The Bertz CT molecular complexity index is 662. The summed E-state index contributed by atoms with van der Waals surface area (Å²) in [5.74, 6) is -0.514. The van der Waals surface area contributed by atoms with Gasteiger partial charge in [0.1, 0.15) is 19.3 Å². The van der Waals surface area contributed by atoms with Crippen molar-refractivity contribution in [3.05, 3.63) is 71.8 Å². The van der Waals surface area contributed by atoms with Gasteiger partial charge in [-0.25, -0.2) is 4.79 Å². The number of ether oxygens (including phenoxy) is 2. The lowest BCUT2D eigenvalue weighted by Crippen LogP contribution is -3.12. The van der Waals surface area contributed by atoms with Gasteiger partial charge < -0.3 is 19.5 Å². The Hall–Kier alpha value is -2.21. The second kappa shape index (κ2) is 11.0. The van der Waals surface area contributed by atoms with Crippen molar-refractivity contribution in [1.82, 2.24) is 0 Å². The van der Waals surface area contributed by atoms with Crippen molar-refractivity contribution in [1.29, 1.82) is 0 Å². The van der Waals surface area contributed by atoms with E-state index in [1.807, 2.05) is 67.6 Å². The van der Waals surface area contributed by atoms with E-state index in [0.29, 0.717) is 24.3 Å². The molecule has 2 rings (SSSR count).